The van der Waals surface area contributed by atoms with Gasteiger partial charge >= 0.3 is 6.09 Å². The minimum absolute atomic E-state index is 0.0524. The largest absolute Gasteiger partial charge is 0.449 e. The second-order valence-electron chi connectivity index (χ2n) is 5.82. The molecule has 0 unspecified atom stereocenters. The molecule has 0 bridgehead atoms. The first-order chi connectivity index (χ1) is 11.2. The smallest absolute Gasteiger partial charge is 0.407 e. The van der Waals surface area contributed by atoms with Gasteiger partial charge in [-0.15, -0.1) is 0 Å². The summed E-state index contributed by atoms with van der Waals surface area (Å²) in [5.41, 5.74) is 4.77. The van der Waals surface area contributed by atoms with Crippen LogP contribution in [0.25, 0.3) is 11.1 Å². The van der Waals surface area contributed by atoms with Crippen LogP contribution in [0.15, 0.2) is 48.5 Å². The number of carbonyl (C=O) groups excluding carboxylic acids is 2. The van der Waals surface area contributed by atoms with E-state index in [9.17, 15) is 9.59 Å². The molecule has 2 aromatic rings. The highest BCUT2D eigenvalue weighted by atomic mass is 16.5. The molecule has 0 heterocycles. The minimum atomic E-state index is -0.486. The van der Waals surface area contributed by atoms with Crippen LogP contribution in [0.3, 0.4) is 0 Å². The SMILES string of the molecule is C[C@H](C=O)CNC(=O)OCC1c2ccccc2-c2ccccc21. The molecule has 3 rings (SSSR count). The van der Waals surface area contributed by atoms with Crippen LogP contribution in [0.1, 0.15) is 24.0 Å². The van der Waals surface area contributed by atoms with Gasteiger partial charge in [0.1, 0.15) is 12.9 Å². The molecule has 0 radical (unpaired) electrons. The zero-order valence-corrected chi connectivity index (χ0v) is 13.0. The molecule has 1 aliphatic rings. The summed E-state index contributed by atoms with van der Waals surface area (Å²) in [6, 6.07) is 16.4. The Morgan fingerprint density at radius 2 is 1.70 bits per heavy atom. The average molecular weight is 309 g/mol. The Labute approximate surface area is 135 Å². The van der Waals surface area contributed by atoms with Crippen LogP contribution in [0, 0.1) is 5.92 Å². The standard InChI is InChI=1S/C19H19NO3/c1-13(11-21)10-20-19(22)23-12-18-16-8-4-2-6-14(16)15-7-3-5-9-17(15)18/h2-9,11,13,18H,10,12H2,1H3,(H,20,22)/t13-/m0/s1. The summed E-state index contributed by atoms with van der Waals surface area (Å²) in [6.07, 6.45) is 0.324. The van der Waals surface area contributed by atoms with Crippen LogP contribution in [-0.2, 0) is 9.53 Å². The minimum Gasteiger partial charge on any atom is -0.449 e. The number of nitrogens with one attached hydrogen (secondary N) is 1. The van der Waals surface area contributed by atoms with E-state index in [-0.39, 0.29) is 18.4 Å². The van der Waals surface area contributed by atoms with Gasteiger partial charge in [-0.25, -0.2) is 4.79 Å². The van der Waals surface area contributed by atoms with Crippen molar-refractivity contribution in [2.24, 2.45) is 5.92 Å². The van der Waals surface area contributed by atoms with Gasteiger partial charge in [-0.2, -0.15) is 0 Å². The lowest BCUT2D eigenvalue weighted by molar-refractivity contribution is -0.110. The lowest BCUT2D eigenvalue weighted by Gasteiger charge is -2.15. The van der Waals surface area contributed by atoms with Crippen molar-refractivity contribution in [3.8, 4) is 11.1 Å². The molecule has 23 heavy (non-hydrogen) atoms. The monoisotopic (exact) mass is 309 g/mol. The van der Waals surface area contributed by atoms with Gasteiger partial charge in [0, 0.05) is 18.4 Å². The van der Waals surface area contributed by atoms with Gasteiger partial charge in [0.15, 0.2) is 0 Å². The Kier molecular flexibility index (Phi) is 4.42. The molecule has 4 nitrogen and oxygen atoms in total. The Bertz CT molecular complexity index is 681. The molecular weight excluding hydrogens is 290 g/mol. The molecule has 118 valence electrons. The lowest BCUT2D eigenvalue weighted by Crippen LogP contribution is -2.30. The van der Waals surface area contributed by atoms with E-state index in [2.05, 4.69) is 29.6 Å². The quantitative estimate of drug-likeness (QED) is 0.862. The fourth-order valence-corrected chi connectivity index (χ4v) is 2.94. The van der Waals surface area contributed by atoms with E-state index in [1.807, 2.05) is 24.3 Å². The number of carbonyl (C=O) groups is 2. The first-order valence-electron chi connectivity index (χ1n) is 7.75. The van der Waals surface area contributed by atoms with E-state index in [0.717, 1.165) is 6.29 Å². The van der Waals surface area contributed by atoms with Crippen molar-refractivity contribution in [2.75, 3.05) is 13.2 Å². The maximum Gasteiger partial charge on any atom is 0.407 e. The third kappa shape index (κ3) is 3.11. The predicted octanol–water partition coefficient (Wildman–Crippen LogP) is 3.36. The van der Waals surface area contributed by atoms with Crippen molar-refractivity contribution in [3.63, 3.8) is 0 Å². The fourth-order valence-electron chi connectivity index (χ4n) is 2.94. The third-order valence-corrected chi connectivity index (χ3v) is 4.14. The van der Waals surface area contributed by atoms with Crippen molar-refractivity contribution in [1.82, 2.24) is 5.32 Å². The van der Waals surface area contributed by atoms with E-state index in [1.54, 1.807) is 6.92 Å². The Morgan fingerprint density at radius 3 is 2.26 bits per heavy atom. The molecule has 0 spiro atoms. The summed E-state index contributed by atoms with van der Waals surface area (Å²) < 4.78 is 5.37. The van der Waals surface area contributed by atoms with Crippen LogP contribution in [0.5, 0.6) is 0 Å². The Morgan fingerprint density at radius 1 is 1.13 bits per heavy atom. The number of hydrogen-bond acceptors (Lipinski definition) is 3. The highest BCUT2D eigenvalue weighted by molar-refractivity contribution is 5.79. The fraction of sp³-hybridized carbons (Fsp3) is 0.263. The van der Waals surface area contributed by atoms with Crippen LogP contribution in [0.4, 0.5) is 4.79 Å². The molecule has 1 amide bonds. The molecule has 0 saturated heterocycles. The van der Waals surface area contributed by atoms with E-state index in [4.69, 9.17) is 4.74 Å². The van der Waals surface area contributed by atoms with E-state index >= 15 is 0 Å². The number of alkyl carbamates (subject to hydrolysis) is 1. The zero-order chi connectivity index (χ0) is 16.2. The predicted molar refractivity (Wildman–Crippen MR) is 88.3 cm³/mol. The summed E-state index contributed by atoms with van der Waals surface area (Å²) in [5.74, 6) is -0.160. The van der Waals surface area contributed by atoms with Gasteiger partial charge in [0.25, 0.3) is 0 Å². The molecule has 4 heteroatoms. The van der Waals surface area contributed by atoms with Gasteiger partial charge in [-0.05, 0) is 22.3 Å². The number of amides is 1. The molecule has 0 aliphatic heterocycles. The number of rotatable bonds is 5. The topological polar surface area (TPSA) is 55.4 Å². The summed E-state index contributed by atoms with van der Waals surface area (Å²) in [4.78, 5) is 22.4. The number of hydrogen-bond donors (Lipinski definition) is 1. The first-order valence-corrected chi connectivity index (χ1v) is 7.75. The summed E-state index contributed by atoms with van der Waals surface area (Å²) in [7, 11) is 0. The summed E-state index contributed by atoms with van der Waals surface area (Å²) >= 11 is 0. The normalized spacial score (nSPS) is 13.8. The molecule has 2 aromatic carbocycles. The van der Waals surface area contributed by atoms with Gasteiger partial charge in [-0.1, -0.05) is 55.5 Å². The molecule has 0 saturated carbocycles. The third-order valence-electron chi connectivity index (χ3n) is 4.14. The Hall–Kier alpha value is -2.62. The zero-order valence-electron chi connectivity index (χ0n) is 13.0. The van der Waals surface area contributed by atoms with Gasteiger partial charge in [-0.3, -0.25) is 0 Å². The Balaban J connectivity index is 1.71. The maximum absolute atomic E-state index is 11.8. The molecule has 0 aromatic heterocycles. The van der Waals surface area contributed by atoms with E-state index < -0.39 is 6.09 Å². The average Bonchev–Trinajstić information content (AvgIpc) is 2.92. The molecule has 0 fully saturated rings. The number of ether oxygens (including phenoxy) is 1. The van der Waals surface area contributed by atoms with Crippen LogP contribution in [0.2, 0.25) is 0 Å². The highest BCUT2D eigenvalue weighted by Crippen LogP contribution is 2.44. The van der Waals surface area contributed by atoms with E-state index in [1.165, 1.54) is 22.3 Å². The summed E-state index contributed by atoms with van der Waals surface area (Å²) in [5, 5.41) is 2.61. The molecular formula is C19H19NO3. The van der Waals surface area contributed by atoms with Crippen molar-refractivity contribution >= 4 is 12.4 Å². The molecule has 1 atom stereocenters. The lowest BCUT2D eigenvalue weighted by atomic mass is 9.98. The summed E-state index contributed by atoms with van der Waals surface area (Å²) in [6.45, 7) is 2.33. The van der Waals surface area contributed by atoms with Crippen LogP contribution < -0.4 is 5.32 Å². The second kappa shape index (κ2) is 6.65. The second-order valence-corrected chi connectivity index (χ2v) is 5.82. The van der Waals surface area contributed by atoms with Gasteiger partial charge in [0.2, 0.25) is 0 Å². The molecule has 1 aliphatic carbocycles. The van der Waals surface area contributed by atoms with Crippen molar-refractivity contribution in [3.05, 3.63) is 59.7 Å². The van der Waals surface area contributed by atoms with Crippen molar-refractivity contribution in [2.45, 2.75) is 12.8 Å². The van der Waals surface area contributed by atoms with Crippen LogP contribution >= 0.6 is 0 Å². The van der Waals surface area contributed by atoms with E-state index in [0.29, 0.717) is 6.54 Å². The van der Waals surface area contributed by atoms with Gasteiger partial charge < -0.3 is 14.8 Å². The van der Waals surface area contributed by atoms with Crippen molar-refractivity contribution < 1.29 is 14.3 Å². The number of aldehydes is 1. The highest BCUT2D eigenvalue weighted by Gasteiger charge is 2.28. The molecule has 1 N–H and O–H groups in total. The maximum atomic E-state index is 11.8. The van der Waals surface area contributed by atoms with Crippen molar-refractivity contribution in [1.29, 1.82) is 0 Å². The van der Waals surface area contributed by atoms with Crippen LogP contribution in [-0.4, -0.2) is 25.5 Å². The number of fused-ring (bicyclic) bond motifs is 3. The first kappa shape index (κ1) is 15.3. The van der Waals surface area contributed by atoms with Gasteiger partial charge in [0.05, 0.1) is 0 Å². The number of benzene rings is 2.